The van der Waals surface area contributed by atoms with Gasteiger partial charge >= 0.3 is 6.18 Å². The Hall–Kier alpha value is -0.810. The van der Waals surface area contributed by atoms with Gasteiger partial charge in [-0.3, -0.25) is 0 Å². The van der Waals surface area contributed by atoms with Crippen LogP contribution in [0.5, 0.6) is 0 Å². The number of halogens is 3. The van der Waals surface area contributed by atoms with Crippen LogP contribution in [0.3, 0.4) is 0 Å². The van der Waals surface area contributed by atoms with E-state index < -0.39 is 34.5 Å². The lowest BCUT2D eigenvalue weighted by Crippen LogP contribution is -2.38. The number of hydrogen-bond acceptors (Lipinski definition) is 4. The van der Waals surface area contributed by atoms with Gasteiger partial charge in [-0.15, -0.1) is 0 Å². The van der Waals surface area contributed by atoms with Crippen molar-refractivity contribution in [3.05, 3.63) is 0 Å². The minimum Gasteiger partial charge on any atom is -0.311 e. The van der Waals surface area contributed by atoms with Crippen LogP contribution in [0.15, 0.2) is 0 Å². The fourth-order valence-corrected chi connectivity index (χ4v) is 3.18. The third kappa shape index (κ3) is 3.64. The molecule has 1 N–H and O–H groups in total. The maximum Gasteiger partial charge on any atom is 0.405 e. The van der Waals surface area contributed by atoms with Crippen molar-refractivity contribution in [3.63, 3.8) is 0 Å². The van der Waals surface area contributed by atoms with E-state index in [1.807, 2.05) is 0 Å². The van der Waals surface area contributed by atoms with Gasteiger partial charge in [0, 0.05) is 12.6 Å². The van der Waals surface area contributed by atoms with Crippen LogP contribution in [0.2, 0.25) is 0 Å². The molecule has 4 nitrogen and oxygen atoms in total. The van der Waals surface area contributed by atoms with Gasteiger partial charge in [0.2, 0.25) is 0 Å². The molecule has 0 radical (unpaired) electrons. The lowest BCUT2D eigenvalue weighted by atomic mass is 10.1. The lowest BCUT2D eigenvalue weighted by Gasteiger charge is -2.16. The first-order chi connectivity index (χ1) is 7.24. The van der Waals surface area contributed by atoms with E-state index in [9.17, 15) is 21.6 Å². The van der Waals surface area contributed by atoms with E-state index in [0.717, 1.165) is 6.07 Å². The Kier molecular flexibility index (Phi) is 3.80. The van der Waals surface area contributed by atoms with Gasteiger partial charge in [0.05, 0.1) is 17.6 Å². The Labute approximate surface area is 91.4 Å². The van der Waals surface area contributed by atoms with Gasteiger partial charge in [0.1, 0.15) is 0 Å². The summed E-state index contributed by atoms with van der Waals surface area (Å²) in [6, 6.07) is 0.680. The predicted molar refractivity (Wildman–Crippen MR) is 50.2 cm³/mol. The Balaban J connectivity index is 2.44. The molecule has 8 heteroatoms. The molecule has 0 amide bonds. The van der Waals surface area contributed by atoms with Crippen LogP contribution in [0.25, 0.3) is 0 Å². The smallest absolute Gasteiger partial charge is 0.311 e. The topological polar surface area (TPSA) is 70.0 Å². The second-order valence-electron chi connectivity index (χ2n) is 3.73. The third-order valence-electron chi connectivity index (χ3n) is 2.39. The molecule has 1 aliphatic heterocycles. The minimum atomic E-state index is -4.57. The highest BCUT2D eigenvalue weighted by atomic mass is 32.2. The van der Waals surface area contributed by atoms with Crippen LogP contribution in [-0.2, 0) is 9.84 Å². The number of nitrogens with zero attached hydrogens (tertiary/aromatic N) is 1. The normalized spacial score (nSPS) is 26.2. The Morgan fingerprint density at radius 3 is 2.50 bits per heavy atom. The van der Waals surface area contributed by atoms with Crippen LogP contribution in [0.4, 0.5) is 13.2 Å². The van der Waals surface area contributed by atoms with Gasteiger partial charge in [-0.25, -0.2) is 8.42 Å². The molecule has 16 heavy (non-hydrogen) atoms. The monoisotopic (exact) mass is 256 g/mol. The molecule has 1 aliphatic rings. The van der Waals surface area contributed by atoms with Gasteiger partial charge in [-0.1, -0.05) is 0 Å². The average Bonchev–Trinajstić information content (AvgIpc) is 2.44. The van der Waals surface area contributed by atoms with Gasteiger partial charge < -0.3 is 5.32 Å². The molecular weight excluding hydrogens is 245 g/mol. The maximum atomic E-state index is 12.2. The highest BCUT2D eigenvalue weighted by molar-refractivity contribution is 7.91. The van der Waals surface area contributed by atoms with E-state index in [2.05, 4.69) is 5.32 Å². The van der Waals surface area contributed by atoms with Crippen LogP contribution in [0, 0.1) is 17.2 Å². The molecule has 2 atom stereocenters. The minimum absolute atomic E-state index is 0.00605. The summed E-state index contributed by atoms with van der Waals surface area (Å²) in [6.45, 7) is -0.555. The second kappa shape index (κ2) is 4.59. The van der Waals surface area contributed by atoms with Crippen LogP contribution in [-0.4, -0.2) is 38.7 Å². The zero-order valence-corrected chi connectivity index (χ0v) is 9.11. The van der Waals surface area contributed by atoms with Crippen molar-refractivity contribution in [2.24, 2.45) is 5.92 Å². The van der Waals surface area contributed by atoms with Crippen LogP contribution in [0.1, 0.15) is 6.42 Å². The molecule has 0 bridgehead atoms. The Morgan fingerprint density at radius 2 is 2.12 bits per heavy atom. The molecule has 1 rings (SSSR count). The standard InChI is InChI=1S/C8H11F3N2O2S/c9-8(10,11)6(3-12)4-13-7-1-2-16(14,15)5-7/h6-7,13H,1-2,4-5H2. The number of rotatable bonds is 3. The molecule has 1 heterocycles. The highest BCUT2D eigenvalue weighted by Gasteiger charge is 2.40. The third-order valence-corrected chi connectivity index (χ3v) is 4.16. The first-order valence-corrected chi connectivity index (χ1v) is 6.47. The van der Waals surface area contributed by atoms with Crippen molar-refractivity contribution in [2.75, 3.05) is 18.1 Å². The molecule has 2 unspecified atom stereocenters. The van der Waals surface area contributed by atoms with Crippen LogP contribution >= 0.6 is 0 Å². The van der Waals surface area contributed by atoms with Gasteiger partial charge in [0.15, 0.2) is 15.8 Å². The summed E-state index contributed by atoms with van der Waals surface area (Å²) in [5.74, 6) is -2.24. The first kappa shape index (κ1) is 13.3. The molecule has 0 aliphatic carbocycles. The Morgan fingerprint density at radius 1 is 1.50 bits per heavy atom. The number of nitriles is 1. The van der Waals surface area contributed by atoms with Crippen LogP contribution < -0.4 is 5.32 Å². The zero-order valence-electron chi connectivity index (χ0n) is 8.29. The summed E-state index contributed by atoms with van der Waals surface area (Å²) in [4.78, 5) is 0. The molecule has 0 spiro atoms. The number of alkyl halides is 3. The summed E-state index contributed by atoms with van der Waals surface area (Å²) < 4.78 is 58.5. The summed E-state index contributed by atoms with van der Waals surface area (Å²) >= 11 is 0. The molecule has 0 saturated carbocycles. The van der Waals surface area contributed by atoms with Crippen molar-refractivity contribution < 1.29 is 21.6 Å². The fraction of sp³-hybridized carbons (Fsp3) is 0.875. The SMILES string of the molecule is N#CC(CNC1CCS(=O)(=O)C1)C(F)(F)F. The number of sulfone groups is 1. The van der Waals surface area contributed by atoms with Crippen molar-refractivity contribution in [3.8, 4) is 6.07 Å². The van der Waals surface area contributed by atoms with Crippen molar-refractivity contribution in [1.29, 1.82) is 5.26 Å². The van der Waals surface area contributed by atoms with Gasteiger partial charge in [-0.05, 0) is 6.42 Å². The number of hydrogen-bond donors (Lipinski definition) is 1. The molecule has 1 fully saturated rings. The van der Waals surface area contributed by atoms with E-state index >= 15 is 0 Å². The van der Waals surface area contributed by atoms with Gasteiger partial charge in [-0.2, -0.15) is 18.4 Å². The van der Waals surface area contributed by atoms with Gasteiger partial charge in [0.25, 0.3) is 0 Å². The quantitative estimate of drug-likeness (QED) is 0.796. The highest BCUT2D eigenvalue weighted by Crippen LogP contribution is 2.25. The molecule has 0 aromatic heterocycles. The van der Waals surface area contributed by atoms with E-state index in [1.165, 1.54) is 0 Å². The van der Waals surface area contributed by atoms with E-state index in [1.54, 1.807) is 0 Å². The average molecular weight is 256 g/mol. The molecule has 92 valence electrons. The lowest BCUT2D eigenvalue weighted by molar-refractivity contribution is -0.157. The zero-order chi connectivity index (χ0) is 12.4. The summed E-state index contributed by atoms with van der Waals surface area (Å²) in [5, 5.41) is 10.8. The van der Waals surface area contributed by atoms with Crippen molar-refractivity contribution in [1.82, 2.24) is 5.32 Å². The Bertz CT molecular complexity index is 385. The molecule has 1 saturated heterocycles. The maximum absolute atomic E-state index is 12.2. The van der Waals surface area contributed by atoms with Crippen molar-refractivity contribution >= 4 is 9.84 Å². The summed E-state index contributed by atoms with van der Waals surface area (Å²) in [7, 11) is -3.11. The largest absolute Gasteiger partial charge is 0.405 e. The second-order valence-corrected chi connectivity index (χ2v) is 5.96. The summed E-state index contributed by atoms with van der Waals surface area (Å²) in [5.41, 5.74) is 0. The van der Waals surface area contributed by atoms with E-state index in [-0.39, 0.29) is 11.5 Å². The predicted octanol–water partition coefficient (Wildman–Crippen LogP) is 0.465. The number of nitrogens with one attached hydrogen (secondary N) is 1. The first-order valence-electron chi connectivity index (χ1n) is 4.65. The van der Waals surface area contributed by atoms with E-state index in [0.29, 0.717) is 6.42 Å². The molecule has 0 aromatic rings. The van der Waals surface area contributed by atoms with E-state index in [4.69, 9.17) is 5.26 Å². The molecule has 0 aromatic carbocycles. The van der Waals surface area contributed by atoms with Crippen molar-refractivity contribution in [2.45, 2.75) is 18.6 Å². The summed E-state index contributed by atoms with van der Waals surface area (Å²) in [6.07, 6.45) is -4.27. The molecular formula is C8H11F3N2O2S. The fourth-order valence-electron chi connectivity index (χ4n) is 1.48.